The Bertz CT molecular complexity index is 1120. The normalized spacial score (nSPS) is 17.5. The van der Waals surface area contributed by atoms with E-state index in [0.717, 1.165) is 12.8 Å². The zero-order valence-electron chi connectivity index (χ0n) is 17.4. The molecule has 4 rings (SSSR count). The molecule has 0 bridgehead atoms. The molecule has 0 radical (unpaired) electrons. The van der Waals surface area contributed by atoms with E-state index in [0.29, 0.717) is 51.8 Å². The van der Waals surface area contributed by atoms with Gasteiger partial charge in [0.1, 0.15) is 4.21 Å². The van der Waals surface area contributed by atoms with Crippen molar-refractivity contribution in [2.24, 2.45) is 0 Å². The Morgan fingerprint density at radius 1 is 1.16 bits per heavy atom. The van der Waals surface area contributed by atoms with E-state index in [1.165, 1.54) is 37.0 Å². The summed E-state index contributed by atoms with van der Waals surface area (Å²) in [6.45, 7) is 0.779. The zero-order chi connectivity index (χ0) is 22.0. The number of aromatic nitrogens is 2. The van der Waals surface area contributed by atoms with E-state index in [-0.39, 0.29) is 5.92 Å². The molecular formula is C20H23N3O6S2. The molecule has 1 fully saturated rings. The van der Waals surface area contributed by atoms with Gasteiger partial charge in [-0.2, -0.15) is 9.29 Å². The molecule has 1 aliphatic rings. The van der Waals surface area contributed by atoms with Crippen molar-refractivity contribution in [1.82, 2.24) is 14.4 Å². The topological polar surface area (TPSA) is 104 Å². The van der Waals surface area contributed by atoms with Crippen LogP contribution in [0, 0.1) is 0 Å². The Morgan fingerprint density at radius 2 is 1.90 bits per heavy atom. The minimum atomic E-state index is -3.52. The molecule has 9 nitrogen and oxygen atoms in total. The quantitative estimate of drug-likeness (QED) is 0.523. The first-order valence-electron chi connectivity index (χ1n) is 9.65. The smallest absolute Gasteiger partial charge is 0.252 e. The first-order valence-corrected chi connectivity index (χ1v) is 12.0. The van der Waals surface area contributed by atoms with Crippen LogP contribution in [0.4, 0.5) is 0 Å². The van der Waals surface area contributed by atoms with Crippen LogP contribution in [0.5, 0.6) is 17.2 Å². The van der Waals surface area contributed by atoms with Crippen LogP contribution in [-0.2, 0) is 10.0 Å². The number of hydrogen-bond donors (Lipinski definition) is 0. The van der Waals surface area contributed by atoms with E-state index in [9.17, 15) is 8.42 Å². The van der Waals surface area contributed by atoms with Crippen molar-refractivity contribution < 1.29 is 27.2 Å². The second-order valence-electron chi connectivity index (χ2n) is 7.00. The van der Waals surface area contributed by atoms with Crippen LogP contribution >= 0.6 is 11.3 Å². The average molecular weight is 466 g/mol. The van der Waals surface area contributed by atoms with E-state index >= 15 is 0 Å². The van der Waals surface area contributed by atoms with Gasteiger partial charge in [0.25, 0.3) is 10.0 Å². The lowest BCUT2D eigenvalue weighted by Gasteiger charge is -2.29. The Hall–Kier alpha value is -2.63. The third-order valence-corrected chi connectivity index (χ3v) is 8.43. The molecule has 0 N–H and O–H groups in total. The van der Waals surface area contributed by atoms with Crippen molar-refractivity contribution in [2.45, 2.75) is 23.0 Å². The Morgan fingerprint density at radius 3 is 2.52 bits per heavy atom. The predicted octanol–water partition coefficient (Wildman–Crippen LogP) is 3.39. The lowest BCUT2D eigenvalue weighted by Crippen LogP contribution is -2.38. The third-order valence-electron chi connectivity index (χ3n) is 5.19. The van der Waals surface area contributed by atoms with Crippen LogP contribution in [-0.4, -0.2) is 57.3 Å². The fourth-order valence-corrected chi connectivity index (χ4v) is 6.30. The molecule has 2 aromatic heterocycles. The van der Waals surface area contributed by atoms with E-state index in [1.807, 2.05) is 0 Å². The summed E-state index contributed by atoms with van der Waals surface area (Å²) >= 11 is 1.22. The summed E-state index contributed by atoms with van der Waals surface area (Å²) in [5.41, 5.74) is 0.642. The van der Waals surface area contributed by atoms with Gasteiger partial charge in [-0.1, -0.05) is 11.2 Å². The molecule has 11 heteroatoms. The number of piperidine rings is 1. The van der Waals surface area contributed by atoms with Gasteiger partial charge < -0.3 is 18.7 Å². The van der Waals surface area contributed by atoms with Crippen molar-refractivity contribution in [3.8, 4) is 28.6 Å². The fourth-order valence-electron chi connectivity index (χ4n) is 3.63. The molecule has 1 aliphatic heterocycles. The summed E-state index contributed by atoms with van der Waals surface area (Å²) in [4.78, 5) is 4.54. The van der Waals surface area contributed by atoms with Gasteiger partial charge in [0.05, 0.1) is 27.2 Å². The molecule has 0 spiro atoms. The molecule has 31 heavy (non-hydrogen) atoms. The van der Waals surface area contributed by atoms with Gasteiger partial charge in [-0.15, -0.1) is 11.3 Å². The van der Waals surface area contributed by atoms with Crippen LogP contribution < -0.4 is 14.2 Å². The predicted molar refractivity (Wildman–Crippen MR) is 114 cm³/mol. The molecule has 0 unspecified atom stereocenters. The van der Waals surface area contributed by atoms with Crippen LogP contribution in [0.25, 0.3) is 11.4 Å². The van der Waals surface area contributed by atoms with Crippen LogP contribution in [0.1, 0.15) is 24.7 Å². The maximum atomic E-state index is 12.9. The first-order chi connectivity index (χ1) is 15.0. The second-order valence-corrected chi connectivity index (χ2v) is 10.1. The summed E-state index contributed by atoms with van der Waals surface area (Å²) in [7, 11) is 1.09. The Balaban J connectivity index is 1.59. The standard InChI is InChI=1S/C20H23N3O6S2/c1-26-15-10-14(11-16(27-2)18(15)28-3)19-21-20(29-22-19)13-6-4-8-23(12-13)31(24,25)17-7-5-9-30-17/h5,7,9-11,13H,4,6,8,12H2,1-3H3/t13-/m1/s1. The second kappa shape index (κ2) is 8.85. The molecule has 166 valence electrons. The highest BCUT2D eigenvalue weighted by Gasteiger charge is 2.34. The van der Waals surface area contributed by atoms with Gasteiger partial charge in [-0.05, 0) is 36.4 Å². The number of methoxy groups -OCH3 is 3. The maximum absolute atomic E-state index is 12.9. The van der Waals surface area contributed by atoms with E-state index in [2.05, 4.69) is 10.1 Å². The number of benzene rings is 1. The lowest BCUT2D eigenvalue weighted by atomic mass is 10.00. The molecule has 3 aromatic rings. The van der Waals surface area contributed by atoms with Crippen molar-refractivity contribution in [3.05, 3.63) is 35.5 Å². The monoisotopic (exact) mass is 465 g/mol. The van der Waals surface area contributed by atoms with E-state index < -0.39 is 10.0 Å². The highest BCUT2D eigenvalue weighted by molar-refractivity contribution is 7.91. The van der Waals surface area contributed by atoms with Gasteiger partial charge in [-0.3, -0.25) is 0 Å². The third kappa shape index (κ3) is 4.12. The van der Waals surface area contributed by atoms with Gasteiger partial charge in [0, 0.05) is 18.7 Å². The minimum absolute atomic E-state index is 0.174. The minimum Gasteiger partial charge on any atom is -0.493 e. The molecule has 1 saturated heterocycles. The average Bonchev–Trinajstić information content (AvgIpc) is 3.51. The fraction of sp³-hybridized carbons (Fsp3) is 0.400. The van der Waals surface area contributed by atoms with Crippen molar-refractivity contribution in [1.29, 1.82) is 0 Å². The molecular weight excluding hydrogens is 442 g/mol. The van der Waals surface area contributed by atoms with Crippen molar-refractivity contribution in [2.75, 3.05) is 34.4 Å². The Kier molecular flexibility index (Phi) is 6.17. The molecule has 1 aromatic carbocycles. The van der Waals surface area contributed by atoms with Gasteiger partial charge >= 0.3 is 0 Å². The summed E-state index contributed by atoms with van der Waals surface area (Å²) in [5, 5.41) is 5.86. The number of nitrogens with zero attached hydrogens (tertiary/aromatic N) is 3. The molecule has 0 saturated carbocycles. The maximum Gasteiger partial charge on any atom is 0.252 e. The van der Waals surface area contributed by atoms with Crippen molar-refractivity contribution in [3.63, 3.8) is 0 Å². The summed E-state index contributed by atoms with van der Waals surface area (Å²) < 4.78 is 49.3. The van der Waals surface area contributed by atoms with Gasteiger partial charge in [0.15, 0.2) is 11.5 Å². The summed E-state index contributed by atoms with van der Waals surface area (Å²) in [6.07, 6.45) is 1.49. The van der Waals surface area contributed by atoms with E-state index in [4.69, 9.17) is 18.7 Å². The van der Waals surface area contributed by atoms with Crippen LogP contribution in [0.15, 0.2) is 38.4 Å². The lowest BCUT2D eigenvalue weighted by molar-refractivity contribution is 0.266. The first kappa shape index (κ1) is 21.6. The number of sulfonamides is 1. The molecule has 3 heterocycles. The largest absolute Gasteiger partial charge is 0.493 e. The molecule has 1 atom stereocenters. The zero-order valence-corrected chi connectivity index (χ0v) is 19.0. The highest BCUT2D eigenvalue weighted by atomic mass is 32.2. The SMILES string of the molecule is COc1cc(-c2noc([C@@H]3CCCN(S(=O)(=O)c4cccs4)C3)n2)cc(OC)c1OC. The van der Waals surface area contributed by atoms with Crippen molar-refractivity contribution >= 4 is 21.4 Å². The molecule has 0 amide bonds. The summed E-state index contributed by atoms with van der Waals surface area (Å²) in [6, 6.07) is 6.84. The van der Waals surface area contributed by atoms with Crippen LogP contribution in [0.3, 0.4) is 0 Å². The number of rotatable bonds is 7. The number of ether oxygens (including phenoxy) is 3. The van der Waals surface area contributed by atoms with Crippen LogP contribution in [0.2, 0.25) is 0 Å². The summed E-state index contributed by atoms with van der Waals surface area (Å²) in [5.74, 6) is 2.04. The number of thiophene rings is 1. The highest BCUT2D eigenvalue weighted by Crippen LogP contribution is 2.41. The van der Waals surface area contributed by atoms with E-state index in [1.54, 1.807) is 29.6 Å². The number of hydrogen-bond acceptors (Lipinski definition) is 9. The Labute approximate surface area is 184 Å². The van der Waals surface area contributed by atoms with Gasteiger partial charge in [-0.25, -0.2) is 8.42 Å². The van der Waals surface area contributed by atoms with Gasteiger partial charge in [0.2, 0.25) is 17.5 Å². The molecule has 0 aliphatic carbocycles.